The van der Waals surface area contributed by atoms with Gasteiger partial charge in [0.05, 0.1) is 0 Å². The highest BCUT2D eigenvalue weighted by molar-refractivity contribution is 5.83. The molecule has 0 unspecified atom stereocenters. The van der Waals surface area contributed by atoms with Crippen LogP contribution in [0.2, 0.25) is 0 Å². The van der Waals surface area contributed by atoms with E-state index in [1.165, 1.54) is 6.92 Å². The second-order valence-electron chi connectivity index (χ2n) is 5.82. The Balaban J connectivity index is 1.77. The van der Waals surface area contributed by atoms with Crippen molar-refractivity contribution in [1.82, 2.24) is 5.32 Å². The van der Waals surface area contributed by atoms with E-state index in [0.29, 0.717) is 12.3 Å². The summed E-state index contributed by atoms with van der Waals surface area (Å²) in [6, 6.07) is 15.2. The summed E-state index contributed by atoms with van der Waals surface area (Å²) in [4.78, 5) is 23.9. The summed E-state index contributed by atoms with van der Waals surface area (Å²) in [5, 5.41) is 2.74. The molecule has 0 saturated carbocycles. The highest BCUT2D eigenvalue weighted by Gasteiger charge is 2.18. The monoisotopic (exact) mass is 341 g/mol. The zero-order valence-corrected chi connectivity index (χ0v) is 14.7. The molecule has 0 fully saturated rings. The highest BCUT2D eigenvalue weighted by atomic mass is 16.6. The molecule has 2 rings (SSSR count). The Morgan fingerprint density at radius 3 is 2.48 bits per heavy atom. The van der Waals surface area contributed by atoms with Gasteiger partial charge in [0.15, 0.2) is 12.7 Å². The average molecular weight is 341 g/mol. The first-order chi connectivity index (χ1) is 12.0. The van der Waals surface area contributed by atoms with E-state index in [4.69, 9.17) is 9.47 Å². The fraction of sp³-hybridized carbons (Fsp3) is 0.300. The summed E-state index contributed by atoms with van der Waals surface area (Å²) < 4.78 is 10.6. The maximum atomic E-state index is 12.0. The Hall–Kier alpha value is -2.82. The van der Waals surface area contributed by atoms with E-state index in [0.717, 1.165) is 16.7 Å². The van der Waals surface area contributed by atoms with Gasteiger partial charge in [0.25, 0.3) is 5.91 Å². The fourth-order valence-corrected chi connectivity index (χ4v) is 2.23. The number of carbonyl (C=O) groups excluding carboxylic acids is 2. The first-order valence-corrected chi connectivity index (χ1v) is 8.17. The molecule has 2 aromatic carbocycles. The van der Waals surface area contributed by atoms with Crippen LogP contribution in [0.5, 0.6) is 5.75 Å². The summed E-state index contributed by atoms with van der Waals surface area (Å²) in [6.07, 6.45) is -0.876. The Bertz CT molecular complexity index is 728. The number of hydrogen-bond acceptors (Lipinski definition) is 4. The first-order valence-electron chi connectivity index (χ1n) is 8.17. The lowest BCUT2D eigenvalue weighted by Gasteiger charge is -2.15. The molecule has 1 amide bonds. The van der Waals surface area contributed by atoms with Gasteiger partial charge in [-0.15, -0.1) is 0 Å². The number of benzene rings is 2. The summed E-state index contributed by atoms with van der Waals surface area (Å²) in [6.45, 7) is 5.59. The third kappa shape index (κ3) is 5.64. The average Bonchev–Trinajstić information content (AvgIpc) is 2.61. The van der Waals surface area contributed by atoms with Crippen LogP contribution < -0.4 is 10.1 Å². The van der Waals surface area contributed by atoms with Crippen LogP contribution in [-0.4, -0.2) is 24.6 Å². The molecule has 1 atom stereocenters. The lowest BCUT2D eigenvalue weighted by atomic mass is 10.1. The zero-order valence-electron chi connectivity index (χ0n) is 14.7. The molecule has 0 aromatic heterocycles. The van der Waals surface area contributed by atoms with Crippen LogP contribution in [0.4, 0.5) is 0 Å². The van der Waals surface area contributed by atoms with E-state index in [-0.39, 0.29) is 12.5 Å². The van der Waals surface area contributed by atoms with Crippen LogP contribution in [0.15, 0.2) is 48.5 Å². The Labute approximate surface area is 148 Å². The smallest absolute Gasteiger partial charge is 0.344 e. The molecule has 0 aliphatic rings. The van der Waals surface area contributed by atoms with Gasteiger partial charge in [-0.25, -0.2) is 4.79 Å². The van der Waals surface area contributed by atoms with Crippen LogP contribution in [0.25, 0.3) is 0 Å². The number of amides is 1. The van der Waals surface area contributed by atoms with E-state index < -0.39 is 12.1 Å². The molecule has 25 heavy (non-hydrogen) atoms. The summed E-state index contributed by atoms with van der Waals surface area (Å²) in [5.41, 5.74) is 3.04. The van der Waals surface area contributed by atoms with Crippen LogP contribution in [-0.2, 0) is 20.9 Å². The van der Waals surface area contributed by atoms with Crippen molar-refractivity contribution in [1.29, 1.82) is 0 Å². The van der Waals surface area contributed by atoms with Crippen molar-refractivity contribution in [2.75, 3.05) is 6.61 Å². The van der Waals surface area contributed by atoms with Crippen molar-refractivity contribution >= 4 is 11.9 Å². The molecule has 5 heteroatoms. The third-order valence-electron chi connectivity index (χ3n) is 3.89. The molecule has 132 valence electrons. The van der Waals surface area contributed by atoms with Crippen LogP contribution in [0, 0.1) is 13.8 Å². The molecule has 0 bridgehead atoms. The van der Waals surface area contributed by atoms with Gasteiger partial charge in [-0.2, -0.15) is 0 Å². The fourth-order valence-electron chi connectivity index (χ4n) is 2.23. The Morgan fingerprint density at radius 2 is 1.76 bits per heavy atom. The van der Waals surface area contributed by atoms with E-state index in [9.17, 15) is 9.59 Å². The number of carbonyl (C=O) groups is 2. The third-order valence-corrected chi connectivity index (χ3v) is 3.89. The van der Waals surface area contributed by atoms with Gasteiger partial charge in [0.1, 0.15) is 5.75 Å². The van der Waals surface area contributed by atoms with Gasteiger partial charge in [-0.05, 0) is 43.5 Å². The summed E-state index contributed by atoms with van der Waals surface area (Å²) in [7, 11) is 0. The van der Waals surface area contributed by atoms with E-state index in [1.807, 2.05) is 56.3 Å². The Morgan fingerprint density at radius 1 is 1.04 bits per heavy atom. The molecule has 0 radical (unpaired) electrons. The summed E-state index contributed by atoms with van der Waals surface area (Å²) >= 11 is 0. The number of rotatable bonds is 7. The standard InChI is InChI=1S/C20H23NO4/c1-14-8-7-11-18(15(14)2)24-13-19(22)25-16(3)20(23)21-12-17-9-5-4-6-10-17/h4-11,16H,12-13H2,1-3H3,(H,21,23)/t16-/m1/s1. The van der Waals surface area contributed by atoms with Crippen LogP contribution in [0.3, 0.4) is 0 Å². The van der Waals surface area contributed by atoms with Gasteiger partial charge < -0.3 is 14.8 Å². The maximum absolute atomic E-state index is 12.0. The number of esters is 1. The van der Waals surface area contributed by atoms with Crippen molar-refractivity contribution in [3.63, 3.8) is 0 Å². The Kier molecular flexibility index (Phi) is 6.57. The molecule has 0 aliphatic heterocycles. The molecule has 0 spiro atoms. The lowest BCUT2D eigenvalue weighted by molar-refractivity contribution is -0.156. The molecule has 0 saturated heterocycles. The van der Waals surface area contributed by atoms with E-state index in [2.05, 4.69) is 5.32 Å². The second kappa shape index (κ2) is 8.87. The highest BCUT2D eigenvalue weighted by Crippen LogP contribution is 2.20. The van der Waals surface area contributed by atoms with Gasteiger partial charge in [-0.1, -0.05) is 42.5 Å². The van der Waals surface area contributed by atoms with Crippen molar-refractivity contribution in [3.8, 4) is 5.75 Å². The largest absolute Gasteiger partial charge is 0.482 e. The summed E-state index contributed by atoms with van der Waals surface area (Å²) in [5.74, 6) is -0.287. The van der Waals surface area contributed by atoms with Crippen molar-refractivity contribution in [2.45, 2.75) is 33.4 Å². The topological polar surface area (TPSA) is 64.6 Å². The lowest BCUT2D eigenvalue weighted by Crippen LogP contribution is -2.36. The predicted octanol–water partition coefficient (Wildman–Crippen LogP) is 2.93. The molecular formula is C20H23NO4. The SMILES string of the molecule is Cc1cccc(OCC(=O)O[C@H](C)C(=O)NCc2ccccc2)c1C. The van der Waals surface area contributed by atoms with Crippen molar-refractivity contribution in [3.05, 3.63) is 65.2 Å². The van der Waals surface area contributed by atoms with Gasteiger partial charge in [-0.3, -0.25) is 4.79 Å². The maximum Gasteiger partial charge on any atom is 0.344 e. The van der Waals surface area contributed by atoms with Gasteiger partial charge in [0, 0.05) is 6.54 Å². The van der Waals surface area contributed by atoms with Gasteiger partial charge in [0.2, 0.25) is 0 Å². The normalized spacial score (nSPS) is 11.5. The van der Waals surface area contributed by atoms with Crippen molar-refractivity contribution < 1.29 is 19.1 Å². The number of aryl methyl sites for hydroxylation is 1. The molecule has 0 aliphatic carbocycles. The first kappa shape index (κ1) is 18.5. The number of nitrogens with one attached hydrogen (secondary N) is 1. The second-order valence-corrected chi connectivity index (χ2v) is 5.82. The van der Waals surface area contributed by atoms with E-state index in [1.54, 1.807) is 6.07 Å². The molecule has 2 aromatic rings. The number of ether oxygens (including phenoxy) is 2. The molecule has 5 nitrogen and oxygen atoms in total. The minimum Gasteiger partial charge on any atom is -0.482 e. The van der Waals surface area contributed by atoms with Crippen LogP contribution >= 0.6 is 0 Å². The van der Waals surface area contributed by atoms with Gasteiger partial charge >= 0.3 is 5.97 Å². The van der Waals surface area contributed by atoms with E-state index >= 15 is 0 Å². The van der Waals surface area contributed by atoms with Crippen LogP contribution in [0.1, 0.15) is 23.6 Å². The number of hydrogen-bond donors (Lipinski definition) is 1. The molecule has 0 heterocycles. The quantitative estimate of drug-likeness (QED) is 0.787. The zero-order chi connectivity index (χ0) is 18.2. The predicted molar refractivity (Wildman–Crippen MR) is 95.3 cm³/mol. The van der Waals surface area contributed by atoms with Crippen molar-refractivity contribution in [2.24, 2.45) is 0 Å². The minimum absolute atomic E-state index is 0.236. The minimum atomic E-state index is -0.876. The molecule has 1 N–H and O–H groups in total. The molecular weight excluding hydrogens is 318 g/mol.